The van der Waals surface area contributed by atoms with Gasteiger partial charge in [-0.25, -0.2) is 9.80 Å². The molecular formula is C130H100N4O16. The summed E-state index contributed by atoms with van der Waals surface area (Å²) in [7, 11) is 2.86. The first kappa shape index (κ1) is 95.5. The SMILES string of the molecule is Cc1cc(C2(c3ccc(O)c(N4C(=O)c5ccc(C(=O)Cc6ccc7c(c6)C(C)(C)CC7(C)c6ccc(CC(=O)c7ccc8c(c7)C(=O)N(C)C8=O)cc6)cc5C4=O)c3)c3ccccc3-c3ccccc32)ccc1O.Cc1cc(C2(c3ccc(O)c(N4C(=O)c5ccc(C(=O)Cc6ccc7c(c6)C(C)(c6ccc(CC(=O)c8ccc9c(c8)C(=O)N(C)C9=O)cc6)CC7(C)C)cc5C4=O)c3)c3ccccc3-c3ccccc32)ccc1O. The lowest BCUT2D eigenvalue weighted by molar-refractivity contribution is 0.0677. The third kappa shape index (κ3) is 14.7. The normalized spacial score (nSPS) is 17.5. The molecule has 4 aliphatic carbocycles. The van der Waals surface area contributed by atoms with Gasteiger partial charge in [-0.05, 0) is 256 Å². The molecule has 0 spiro atoms. The zero-order chi connectivity index (χ0) is 105. The molecule has 0 radical (unpaired) electrons. The van der Waals surface area contributed by atoms with Crippen molar-refractivity contribution < 1.29 is 78.0 Å². The molecule has 20 nitrogen and oxygen atoms in total. The van der Waals surface area contributed by atoms with Crippen LogP contribution in [-0.2, 0) is 58.2 Å². The predicted molar refractivity (Wildman–Crippen MR) is 571 cm³/mol. The van der Waals surface area contributed by atoms with Gasteiger partial charge in [-0.1, -0.05) is 284 Å². The molecular weight excluding hydrogens is 1870 g/mol. The molecule has 0 fully saturated rings. The second-order valence-electron chi connectivity index (χ2n) is 42.7. The van der Waals surface area contributed by atoms with Crippen molar-refractivity contribution >= 4 is 81.8 Å². The van der Waals surface area contributed by atoms with Gasteiger partial charge in [0.15, 0.2) is 23.1 Å². The molecule has 0 saturated heterocycles. The molecule has 24 rings (SSSR count). The molecule has 2 atom stereocenters. The maximum atomic E-state index is 14.6. The van der Waals surface area contributed by atoms with E-state index in [0.717, 1.165) is 138 Å². The van der Waals surface area contributed by atoms with E-state index in [9.17, 15) is 78.0 Å². The van der Waals surface area contributed by atoms with Crippen molar-refractivity contribution in [3.63, 3.8) is 0 Å². The Labute approximate surface area is 865 Å². The monoisotopic (exact) mass is 1970 g/mol. The van der Waals surface area contributed by atoms with Gasteiger partial charge in [0, 0.05) is 72.9 Å². The van der Waals surface area contributed by atoms with Crippen LogP contribution in [0.1, 0.15) is 290 Å². The van der Waals surface area contributed by atoms with Crippen molar-refractivity contribution in [3.8, 4) is 45.3 Å². The van der Waals surface area contributed by atoms with Crippen LogP contribution in [0, 0.1) is 13.8 Å². The third-order valence-electron chi connectivity index (χ3n) is 32.8. The molecule has 0 saturated carbocycles. The number of aromatic hydroxyl groups is 4. The number of ketones is 4. The van der Waals surface area contributed by atoms with Crippen LogP contribution >= 0.6 is 0 Å². The van der Waals surface area contributed by atoms with Crippen molar-refractivity contribution in [2.24, 2.45) is 0 Å². The lowest BCUT2D eigenvalue weighted by Gasteiger charge is -2.35. The number of hydrogen-bond donors (Lipinski definition) is 4. The minimum atomic E-state index is -0.957. The van der Waals surface area contributed by atoms with Crippen LogP contribution in [0.25, 0.3) is 22.3 Å². The molecule has 4 aliphatic heterocycles. The molecule has 16 aromatic carbocycles. The second kappa shape index (κ2) is 34.8. The van der Waals surface area contributed by atoms with E-state index in [0.29, 0.717) is 44.5 Å². The first-order valence-corrected chi connectivity index (χ1v) is 50.0. The van der Waals surface area contributed by atoms with Gasteiger partial charge >= 0.3 is 0 Å². The van der Waals surface area contributed by atoms with Crippen molar-refractivity contribution in [3.05, 3.63) is 506 Å². The Balaban J connectivity index is 0.000000164. The van der Waals surface area contributed by atoms with Crippen LogP contribution < -0.4 is 9.80 Å². The summed E-state index contributed by atoms with van der Waals surface area (Å²) in [4.78, 5) is 167. The van der Waals surface area contributed by atoms with E-state index >= 15 is 0 Å². The molecule has 16 aromatic rings. The van der Waals surface area contributed by atoms with E-state index in [2.05, 4.69) is 139 Å². The van der Waals surface area contributed by atoms with Crippen LogP contribution in [0.4, 0.5) is 11.4 Å². The smallest absolute Gasteiger partial charge is 0.266 e. The van der Waals surface area contributed by atoms with Gasteiger partial charge in [-0.15, -0.1) is 0 Å². The molecule has 0 aromatic heterocycles. The van der Waals surface area contributed by atoms with Crippen LogP contribution in [0.5, 0.6) is 23.0 Å². The summed E-state index contributed by atoms with van der Waals surface area (Å²) in [5, 5.41) is 44.4. The van der Waals surface area contributed by atoms with Gasteiger partial charge in [-0.3, -0.25) is 67.3 Å². The summed E-state index contributed by atoms with van der Waals surface area (Å²) in [5.74, 6) is -5.13. The highest BCUT2D eigenvalue weighted by Crippen LogP contribution is 2.62. The van der Waals surface area contributed by atoms with Crippen LogP contribution in [0.2, 0.25) is 0 Å². The van der Waals surface area contributed by atoms with Crippen LogP contribution in [0.15, 0.2) is 328 Å². The summed E-state index contributed by atoms with van der Waals surface area (Å²) in [6.45, 7) is 16.9. The number of phenols is 4. The van der Waals surface area contributed by atoms with Gasteiger partial charge in [-0.2, -0.15) is 0 Å². The predicted octanol–water partition coefficient (Wildman–Crippen LogP) is 23.3. The van der Waals surface area contributed by atoms with Gasteiger partial charge < -0.3 is 20.4 Å². The number of phenolic OH excluding ortho intramolecular Hbond substituents is 4. The second-order valence-corrected chi connectivity index (χ2v) is 42.7. The topological polar surface area (TPSA) is 299 Å². The van der Waals surface area contributed by atoms with Crippen LogP contribution in [0.3, 0.4) is 0 Å². The molecule has 4 N–H and O–H groups in total. The number of anilines is 2. The fraction of sp³-hybridized carbons (Fsp3) is 0.169. The van der Waals surface area contributed by atoms with Crippen molar-refractivity contribution in [2.75, 3.05) is 23.9 Å². The van der Waals surface area contributed by atoms with Crippen molar-refractivity contribution in [1.82, 2.24) is 9.80 Å². The maximum absolute atomic E-state index is 14.6. The highest BCUT2D eigenvalue weighted by atomic mass is 16.3. The van der Waals surface area contributed by atoms with Gasteiger partial charge in [0.25, 0.3) is 47.3 Å². The minimum Gasteiger partial charge on any atom is -0.508 e. The molecule has 8 aliphatic rings. The van der Waals surface area contributed by atoms with Crippen molar-refractivity contribution in [2.45, 2.75) is 126 Å². The number of carbonyl (C=O) groups excluding carboxylic acids is 12. The summed E-state index contributed by atoms with van der Waals surface area (Å²) in [6.07, 6.45) is 1.95. The number of amides is 8. The van der Waals surface area contributed by atoms with E-state index < -0.39 is 51.7 Å². The lowest BCUT2D eigenvalue weighted by Crippen LogP contribution is -2.32. The Kier molecular flexibility index (Phi) is 22.2. The fourth-order valence-electron chi connectivity index (χ4n) is 25.3. The number of carbonyl (C=O) groups is 12. The van der Waals surface area contributed by atoms with Gasteiger partial charge in [0.2, 0.25) is 0 Å². The standard InChI is InChI=1S/2C65H50N2O8/c1-36-28-42(21-26-55(36)68)65(50-12-8-6-10-44(50)45-11-7-9-13-51(45)65)43-22-27-56(69)54(34-43)67-61(74)47-24-18-40(33-49(47)62(67)75)58(71)31-38-16-25-52-53(29-38)63(2,3)35-64(52,4)41-19-14-37(15-20-41)30-57(70)39-17-23-46-48(32-39)60(73)66(5)59(46)72;1-36-28-42(21-26-55(36)68)65(50-12-8-6-10-44(50)45-11-7-9-13-51(45)65)43-22-27-56(69)54(34-43)67-61(74)47-24-18-40(33-49(47)62(67)75)58(71)31-38-16-25-52-53(29-38)64(4,35-63(52,2)3)41-19-14-37(15-20-41)30-57(70)39-17-23-46-48(32-39)60(73)66(5)59(46)72/h2*6-29,32-34,68-69H,30-31,35H2,1-5H3. The zero-order valence-corrected chi connectivity index (χ0v) is 83.9. The number of hydrogen-bond acceptors (Lipinski definition) is 16. The largest absolute Gasteiger partial charge is 0.508 e. The first-order chi connectivity index (χ1) is 71.8. The van der Waals surface area contributed by atoms with E-state index in [1.165, 1.54) is 68.2 Å². The molecule has 20 heteroatoms. The molecule has 2 unspecified atom stereocenters. The quantitative estimate of drug-likeness (QED) is 0.0407. The van der Waals surface area contributed by atoms with Gasteiger partial charge in [0.05, 0.1) is 66.7 Å². The van der Waals surface area contributed by atoms with E-state index in [1.807, 2.05) is 135 Å². The maximum Gasteiger partial charge on any atom is 0.266 e. The average Bonchev–Trinajstić information content (AvgIpc) is 1.53. The van der Waals surface area contributed by atoms with Crippen LogP contribution in [-0.4, -0.2) is 115 Å². The number of imide groups is 4. The highest BCUT2D eigenvalue weighted by molar-refractivity contribution is 6.36. The number of rotatable bonds is 20. The Bertz CT molecular complexity index is 8690. The number of Topliss-reactive ketones (excluding diaryl/α,β-unsaturated/α-hetero) is 4. The average molecular weight is 1970 g/mol. The minimum absolute atomic E-state index is 0.0112. The summed E-state index contributed by atoms with van der Waals surface area (Å²) < 4.78 is 0. The van der Waals surface area contributed by atoms with E-state index in [1.54, 1.807) is 60.7 Å². The highest BCUT2D eigenvalue weighted by Gasteiger charge is 2.53. The summed E-state index contributed by atoms with van der Waals surface area (Å²) in [6, 6.07) is 100. The fourth-order valence-corrected chi connectivity index (χ4v) is 25.3. The number of aryl methyl sites for hydroxylation is 2. The Morgan fingerprint density at radius 3 is 0.860 bits per heavy atom. The lowest BCUT2D eigenvalue weighted by atomic mass is 9.67. The molecule has 4 heterocycles. The number of nitrogens with zero attached hydrogens (tertiary/aromatic N) is 4. The van der Waals surface area contributed by atoms with Crippen molar-refractivity contribution in [1.29, 1.82) is 0 Å². The van der Waals surface area contributed by atoms with E-state index in [-0.39, 0.29) is 156 Å². The summed E-state index contributed by atoms with van der Waals surface area (Å²) in [5.41, 5.74) is 22.0. The Morgan fingerprint density at radius 2 is 0.507 bits per heavy atom. The van der Waals surface area contributed by atoms with Gasteiger partial charge in [0.1, 0.15) is 23.0 Å². The number of benzene rings is 16. The molecule has 150 heavy (non-hydrogen) atoms. The zero-order valence-electron chi connectivity index (χ0n) is 83.9. The van der Waals surface area contributed by atoms with E-state index in [4.69, 9.17) is 0 Å². The Morgan fingerprint density at radius 1 is 0.240 bits per heavy atom. The first-order valence-electron chi connectivity index (χ1n) is 50.0. The number of fused-ring (bicyclic) bond motifs is 12. The third-order valence-corrected chi connectivity index (χ3v) is 32.8. The summed E-state index contributed by atoms with van der Waals surface area (Å²) >= 11 is 0. The Hall–Kier alpha value is -18.0. The molecule has 736 valence electrons. The molecule has 8 amide bonds. The molecule has 0 bridgehead atoms.